The molecule has 0 radical (unpaired) electrons. The van der Waals surface area contributed by atoms with Gasteiger partial charge in [0.2, 0.25) is 0 Å². The summed E-state index contributed by atoms with van der Waals surface area (Å²) in [5.41, 5.74) is 3.25. The van der Waals surface area contributed by atoms with Crippen molar-refractivity contribution in [3.05, 3.63) is 64.1 Å². The molecule has 0 aromatic heterocycles. The highest BCUT2D eigenvalue weighted by Gasteiger charge is 2.36. The lowest BCUT2D eigenvalue weighted by molar-refractivity contribution is -0.121. The smallest absolute Gasteiger partial charge is 0.256 e. The highest BCUT2D eigenvalue weighted by atomic mass is 32.2. The van der Waals surface area contributed by atoms with Crippen molar-refractivity contribution in [3.8, 4) is 0 Å². The Morgan fingerprint density at radius 3 is 2.68 bits per heavy atom. The predicted octanol–water partition coefficient (Wildman–Crippen LogP) is 3.23. The van der Waals surface area contributed by atoms with Gasteiger partial charge in [0, 0.05) is 5.92 Å². The molecule has 112 valence electrons. The van der Waals surface area contributed by atoms with Gasteiger partial charge >= 0.3 is 0 Å². The van der Waals surface area contributed by atoms with E-state index in [-0.39, 0.29) is 28.6 Å². The van der Waals surface area contributed by atoms with E-state index in [2.05, 4.69) is 5.32 Å². The molecule has 2 atom stereocenters. The van der Waals surface area contributed by atoms with Crippen molar-refractivity contribution >= 4 is 29.5 Å². The number of hydrogen-bond acceptors (Lipinski definition) is 3. The van der Waals surface area contributed by atoms with E-state index in [4.69, 9.17) is 0 Å². The average molecular weight is 311 g/mol. The van der Waals surface area contributed by atoms with Crippen LogP contribution < -0.4 is 5.32 Å². The fourth-order valence-electron chi connectivity index (χ4n) is 2.68. The van der Waals surface area contributed by atoms with E-state index < -0.39 is 0 Å². The van der Waals surface area contributed by atoms with Gasteiger partial charge in [-0.1, -0.05) is 42.0 Å². The Hall–Kier alpha value is -2.07. The topological polar surface area (TPSA) is 46.2 Å². The second kappa shape index (κ2) is 5.97. The summed E-state index contributed by atoms with van der Waals surface area (Å²) in [6.07, 6.45) is 5.27. The molecule has 3 nitrogen and oxygen atoms in total. The Kier molecular flexibility index (Phi) is 4.03. The second-order valence-electron chi connectivity index (χ2n) is 5.55. The first kappa shape index (κ1) is 14.9. The van der Waals surface area contributed by atoms with Gasteiger partial charge in [0.05, 0.1) is 10.9 Å². The van der Waals surface area contributed by atoms with Crippen LogP contribution in [0.2, 0.25) is 0 Å². The zero-order valence-electron chi connectivity index (χ0n) is 12.5. The zero-order chi connectivity index (χ0) is 15.7. The van der Waals surface area contributed by atoms with Gasteiger partial charge in [-0.3, -0.25) is 9.59 Å². The van der Waals surface area contributed by atoms with Crippen molar-refractivity contribution in [1.82, 2.24) is 5.32 Å². The maximum Gasteiger partial charge on any atom is 0.256 e. The number of hydrogen-bond donors (Lipinski definition) is 1. The maximum absolute atomic E-state index is 12.4. The number of carbonyl (C=O) groups is 2. The number of nitrogens with one attached hydrogen (secondary N) is 1. The van der Waals surface area contributed by atoms with Gasteiger partial charge < -0.3 is 5.32 Å². The largest absolute Gasteiger partial charge is 0.339 e. The molecule has 2 aliphatic heterocycles. The molecule has 22 heavy (non-hydrogen) atoms. The number of amides is 1. The van der Waals surface area contributed by atoms with Crippen molar-refractivity contribution in [1.29, 1.82) is 0 Å². The lowest BCUT2D eigenvalue weighted by atomic mass is 9.89. The molecule has 4 heteroatoms. The first-order valence-electron chi connectivity index (χ1n) is 7.19. The summed E-state index contributed by atoms with van der Waals surface area (Å²) in [6.45, 7) is 3.89. The van der Waals surface area contributed by atoms with Gasteiger partial charge in [0.15, 0.2) is 5.78 Å². The monoisotopic (exact) mass is 311 g/mol. The summed E-state index contributed by atoms with van der Waals surface area (Å²) >= 11 is 1.58. The van der Waals surface area contributed by atoms with Crippen LogP contribution in [0.1, 0.15) is 18.1 Å². The van der Waals surface area contributed by atoms with E-state index in [0.717, 1.165) is 11.1 Å². The number of thioether (sulfide) groups is 1. The van der Waals surface area contributed by atoms with Crippen LogP contribution in [-0.4, -0.2) is 17.1 Å². The minimum atomic E-state index is -0.270. The second-order valence-corrected chi connectivity index (χ2v) is 6.60. The Balaban J connectivity index is 1.84. The van der Waals surface area contributed by atoms with Gasteiger partial charge in [0.25, 0.3) is 5.91 Å². The van der Waals surface area contributed by atoms with E-state index in [1.165, 1.54) is 11.6 Å². The fourth-order valence-corrected chi connectivity index (χ4v) is 3.75. The van der Waals surface area contributed by atoms with E-state index in [1.54, 1.807) is 17.8 Å². The summed E-state index contributed by atoms with van der Waals surface area (Å²) in [5.74, 6) is -0.387. The molecule has 0 spiro atoms. The van der Waals surface area contributed by atoms with Crippen molar-refractivity contribution < 1.29 is 9.59 Å². The lowest BCUT2D eigenvalue weighted by Crippen LogP contribution is -2.43. The number of allylic oxidation sites excluding steroid dienone is 1. The van der Waals surface area contributed by atoms with Crippen LogP contribution in [0.4, 0.5) is 0 Å². The first-order valence-corrected chi connectivity index (χ1v) is 8.13. The van der Waals surface area contributed by atoms with Crippen molar-refractivity contribution in [2.24, 2.45) is 5.92 Å². The molecule has 1 amide bonds. The SMILES string of the molecule is CC1=C(C(=O)/C=C/c2ccc(C)cc2)C(=O)NC2SC=CC12. The van der Waals surface area contributed by atoms with E-state index >= 15 is 0 Å². The molecule has 2 aliphatic rings. The van der Waals surface area contributed by atoms with Crippen LogP contribution in [0.25, 0.3) is 6.08 Å². The first-order chi connectivity index (χ1) is 10.6. The molecule has 0 bridgehead atoms. The van der Waals surface area contributed by atoms with Crippen LogP contribution in [0, 0.1) is 12.8 Å². The van der Waals surface area contributed by atoms with Crippen molar-refractivity contribution in [3.63, 3.8) is 0 Å². The summed E-state index contributed by atoms with van der Waals surface area (Å²) < 4.78 is 0. The molecule has 2 heterocycles. The molecule has 0 aliphatic carbocycles. The van der Waals surface area contributed by atoms with E-state index in [1.807, 2.05) is 49.6 Å². The maximum atomic E-state index is 12.4. The molecule has 3 rings (SSSR count). The average Bonchev–Trinajstić information content (AvgIpc) is 2.95. The summed E-state index contributed by atoms with van der Waals surface area (Å²) in [4.78, 5) is 24.6. The van der Waals surface area contributed by atoms with Gasteiger partial charge in [0.1, 0.15) is 0 Å². The lowest BCUT2D eigenvalue weighted by Gasteiger charge is -2.27. The minimum absolute atomic E-state index is 0.0325. The fraction of sp³-hybridized carbons (Fsp3) is 0.222. The number of fused-ring (bicyclic) bond motifs is 1. The molecule has 1 N–H and O–H groups in total. The van der Waals surface area contributed by atoms with Crippen LogP contribution in [0.15, 0.2) is 53.0 Å². The number of ketones is 1. The normalized spacial score (nSPS) is 23.8. The zero-order valence-corrected chi connectivity index (χ0v) is 13.3. The quantitative estimate of drug-likeness (QED) is 0.688. The Labute approximate surface area is 134 Å². The van der Waals surface area contributed by atoms with Crippen LogP contribution in [0.3, 0.4) is 0 Å². The Morgan fingerprint density at radius 2 is 1.95 bits per heavy atom. The number of aryl methyl sites for hydroxylation is 1. The van der Waals surface area contributed by atoms with Gasteiger partial charge in [-0.25, -0.2) is 0 Å². The van der Waals surface area contributed by atoms with Gasteiger partial charge in [-0.15, -0.1) is 11.8 Å². The van der Waals surface area contributed by atoms with Crippen molar-refractivity contribution in [2.45, 2.75) is 19.2 Å². The highest BCUT2D eigenvalue weighted by Crippen LogP contribution is 2.37. The molecule has 2 unspecified atom stereocenters. The summed E-state index contributed by atoms with van der Waals surface area (Å²) in [7, 11) is 0. The van der Waals surface area contributed by atoms with Gasteiger partial charge in [-0.2, -0.15) is 0 Å². The number of carbonyl (C=O) groups excluding carboxylic acids is 2. The van der Waals surface area contributed by atoms with Gasteiger partial charge in [-0.05, 0) is 36.5 Å². The number of rotatable bonds is 3. The molecule has 0 saturated carbocycles. The summed E-state index contributed by atoms with van der Waals surface area (Å²) in [5, 5.41) is 4.91. The molecule has 0 fully saturated rings. The third-order valence-corrected chi connectivity index (χ3v) is 5.00. The Morgan fingerprint density at radius 1 is 1.23 bits per heavy atom. The molecular weight excluding hydrogens is 294 g/mol. The molecule has 0 saturated heterocycles. The Bertz CT molecular complexity index is 713. The third-order valence-electron chi connectivity index (χ3n) is 3.98. The van der Waals surface area contributed by atoms with Crippen LogP contribution >= 0.6 is 11.8 Å². The molecule has 1 aromatic carbocycles. The van der Waals surface area contributed by atoms with Crippen LogP contribution in [-0.2, 0) is 9.59 Å². The molecular formula is C18H17NO2S. The number of benzene rings is 1. The van der Waals surface area contributed by atoms with Crippen LogP contribution in [0.5, 0.6) is 0 Å². The summed E-state index contributed by atoms with van der Waals surface area (Å²) in [6, 6.07) is 7.89. The van der Waals surface area contributed by atoms with E-state index in [9.17, 15) is 9.59 Å². The van der Waals surface area contributed by atoms with E-state index in [0.29, 0.717) is 0 Å². The highest BCUT2D eigenvalue weighted by molar-refractivity contribution is 8.03. The third kappa shape index (κ3) is 2.79. The van der Waals surface area contributed by atoms with Crippen molar-refractivity contribution in [2.75, 3.05) is 0 Å². The predicted molar refractivity (Wildman–Crippen MR) is 90.1 cm³/mol. The molecule has 1 aromatic rings. The minimum Gasteiger partial charge on any atom is -0.339 e. The standard InChI is InChI=1S/C18H17NO2S/c1-11-3-5-13(6-4-11)7-8-15(20)16-12(2)14-9-10-22-18(14)19-17(16)21/h3-10,14,18H,1-2H3,(H,19,21)/b8-7+.